The zero-order valence-electron chi connectivity index (χ0n) is 17.8. The molecule has 0 N–H and O–H groups in total. The highest BCUT2D eigenvalue weighted by Crippen LogP contribution is 2.34. The third-order valence-electron chi connectivity index (χ3n) is 5.62. The van der Waals surface area contributed by atoms with Gasteiger partial charge in [0.05, 0.1) is 12.6 Å². The smallest absolute Gasteiger partial charge is 0.242 e. The quantitative estimate of drug-likeness (QED) is 0.625. The molecule has 2 unspecified atom stereocenters. The van der Waals surface area contributed by atoms with Crippen molar-refractivity contribution < 1.29 is 18.7 Å². The summed E-state index contributed by atoms with van der Waals surface area (Å²) in [4.78, 5) is 30.0. The summed E-state index contributed by atoms with van der Waals surface area (Å²) in [6.07, 6.45) is 1.74. The van der Waals surface area contributed by atoms with Crippen molar-refractivity contribution >= 4 is 23.2 Å². The average molecular weight is 433 g/mol. The maximum absolute atomic E-state index is 13.5. The zero-order valence-corrected chi connectivity index (χ0v) is 18.6. The molecule has 0 spiro atoms. The zero-order chi connectivity index (χ0) is 21.7. The molecule has 2 amide bonds. The van der Waals surface area contributed by atoms with Gasteiger partial charge in [0.2, 0.25) is 11.8 Å². The number of benzene rings is 1. The number of amides is 2. The molecule has 0 fully saturated rings. The number of nitrogens with zero attached hydrogens (tertiary/aromatic N) is 2. The van der Waals surface area contributed by atoms with E-state index in [0.29, 0.717) is 24.8 Å². The average Bonchev–Trinajstić information content (AvgIpc) is 3.20. The Bertz CT molecular complexity index is 885. The second-order valence-electron chi connectivity index (χ2n) is 7.83. The van der Waals surface area contributed by atoms with Crippen LogP contribution in [0.15, 0.2) is 35.7 Å². The first-order chi connectivity index (χ1) is 14.4. The highest BCUT2D eigenvalue weighted by molar-refractivity contribution is 7.10. The van der Waals surface area contributed by atoms with Gasteiger partial charge in [-0.3, -0.25) is 9.59 Å². The lowest BCUT2D eigenvalue weighted by Gasteiger charge is -2.37. The Balaban J connectivity index is 1.75. The highest BCUT2D eigenvalue weighted by atomic mass is 32.1. The molecule has 2 aromatic rings. The number of rotatable bonds is 8. The van der Waals surface area contributed by atoms with E-state index < -0.39 is 0 Å². The van der Waals surface area contributed by atoms with Crippen molar-refractivity contribution in [3.63, 3.8) is 0 Å². The van der Waals surface area contributed by atoms with E-state index >= 15 is 0 Å². The lowest BCUT2D eigenvalue weighted by Crippen LogP contribution is -2.48. The van der Waals surface area contributed by atoms with Crippen molar-refractivity contribution in [3.8, 4) is 5.75 Å². The van der Waals surface area contributed by atoms with Crippen molar-refractivity contribution in [1.29, 1.82) is 0 Å². The molecule has 2 heterocycles. The molecule has 7 heteroatoms. The molecule has 1 aliphatic heterocycles. The van der Waals surface area contributed by atoms with E-state index in [1.54, 1.807) is 33.3 Å². The molecule has 1 aromatic carbocycles. The first-order valence-electron chi connectivity index (χ1n) is 10.4. The minimum atomic E-state index is -0.359. The molecule has 3 rings (SSSR count). The molecule has 162 valence electrons. The number of thiophene rings is 1. The van der Waals surface area contributed by atoms with Gasteiger partial charge in [0.15, 0.2) is 0 Å². The summed E-state index contributed by atoms with van der Waals surface area (Å²) in [7, 11) is 0. The Hall–Kier alpha value is -2.41. The van der Waals surface area contributed by atoms with Crippen LogP contribution in [0, 0.1) is 11.7 Å². The number of ether oxygens (including phenoxy) is 1. The maximum Gasteiger partial charge on any atom is 0.242 e. The van der Waals surface area contributed by atoms with Gasteiger partial charge < -0.3 is 14.5 Å². The Kier molecular flexibility index (Phi) is 7.48. The van der Waals surface area contributed by atoms with Gasteiger partial charge in [-0.1, -0.05) is 26.3 Å². The first-order valence-corrected chi connectivity index (χ1v) is 11.3. The lowest BCUT2D eigenvalue weighted by molar-refractivity contribution is -0.142. The number of hydrogen-bond acceptors (Lipinski definition) is 4. The topological polar surface area (TPSA) is 49.9 Å². The summed E-state index contributed by atoms with van der Waals surface area (Å²) in [5, 5.41) is 2.03. The second-order valence-corrected chi connectivity index (χ2v) is 8.83. The molecule has 0 aliphatic carbocycles. The van der Waals surface area contributed by atoms with E-state index in [1.807, 2.05) is 11.4 Å². The summed E-state index contributed by atoms with van der Waals surface area (Å²) < 4.78 is 19.4. The normalized spacial score (nSPS) is 16.7. The van der Waals surface area contributed by atoms with Crippen molar-refractivity contribution in [2.24, 2.45) is 5.92 Å². The van der Waals surface area contributed by atoms with E-state index in [4.69, 9.17) is 4.74 Å². The minimum absolute atomic E-state index is 0.0651. The van der Waals surface area contributed by atoms with E-state index in [2.05, 4.69) is 13.8 Å². The van der Waals surface area contributed by atoms with Crippen LogP contribution in [-0.4, -0.2) is 47.9 Å². The number of halogens is 1. The van der Waals surface area contributed by atoms with Crippen molar-refractivity contribution in [2.75, 3.05) is 26.2 Å². The van der Waals surface area contributed by atoms with E-state index in [1.165, 1.54) is 23.9 Å². The molecule has 1 aromatic heterocycles. The molecule has 0 saturated carbocycles. The molecule has 0 bridgehead atoms. The molecule has 5 nitrogen and oxygen atoms in total. The summed E-state index contributed by atoms with van der Waals surface area (Å²) >= 11 is 1.68. The first kappa shape index (κ1) is 22.3. The number of carbonyl (C=O) groups is 2. The van der Waals surface area contributed by atoms with Crippen LogP contribution >= 0.6 is 11.3 Å². The van der Waals surface area contributed by atoms with Gasteiger partial charge in [0, 0.05) is 31.0 Å². The van der Waals surface area contributed by atoms with Gasteiger partial charge in [0.1, 0.15) is 18.2 Å². The summed E-state index contributed by atoms with van der Waals surface area (Å²) in [6.45, 7) is 7.12. The number of fused-ring (bicyclic) bond motifs is 1. The fourth-order valence-corrected chi connectivity index (χ4v) is 4.60. The molecule has 0 saturated heterocycles. The Labute approximate surface area is 181 Å². The van der Waals surface area contributed by atoms with Gasteiger partial charge in [-0.15, -0.1) is 11.3 Å². The van der Waals surface area contributed by atoms with Crippen LogP contribution in [-0.2, 0) is 16.0 Å². The van der Waals surface area contributed by atoms with Gasteiger partial charge in [-0.25, -0.2) is 4.39 Å². The lowest BCUT2D eigenvalue weighted by atomic mass is 10.00. The van der Waals surface area contributed by atoms with Crippen LogP contribution in [0.2, 0.25) is 0 Å². The number of carbonyl (C=O) groups excluding carboxylic acids is 2. The largest absolute Gasteiger partial charge is 0.491 e. The predicted molar refractivity (Wildman–Crippen MR) is 116 cm³/mol. The van der Waals surface area contributed by atoms with Crippen LogP contribution in [0.25, 0.3) is 0 Å². The molecule has 2 atom stereocenters. The van der Waals surface area contributed by atoms with Gasteiger partial charge in [0.25, 0.3) is 0 Å². The maximum atomic E-state index is 13.5. The highest BCUT2D eigenvalue weighted by Gasteiger charge is 2.33. The van der Waals surface area contributed by atoms with Gasteiger partial charge >= 0.3 is 0 Å². The fourth-order valence-electron chi connectivity index (χ4n) is 3.67. The molecule has 0 radical (unpaired) electrons. The summed E-state index contributed by atoms with van der Waals surface area (Å²) in [5.74, 6) is 0.232. The Morgan fingerprint density at radius 3 is 2.87 bits per heavy atom. The van der Waals surface area contributed by atoms with Crippen molar-refractivity contribution in [2.45, 2.75) is 39.7 Å². The monoisotopic (exact) mass is 432 g/mol. The predicted octanol–water partition coefficient (Wildman–Crippen LogP) is 4.29. The van der Waals surface area contributed by atoms with Crippen LogP contribution in [0.5, 0.6) is 5.75 Å². The van der Waals surface area contributed by atoms with Gasteiger partial charge in [-0.05, 0) is 41.5 Å². The van der Waals surface area contributed by atoms with Crippen LogP contribution in [0.1, 0.15) is 43.7 Å². The second kappa shape index (κ2) is 10.1. The SMILES string of the molecule is CCC(C)CN(CC(=O)N1CCc2sccc2C1COc1cccc(F)c1)C(C)=O. The van der Waals surface area contributed by atoms with Crippen molar-refractivity contribution in [3.05, 3.63) is 52.0 Å². The third-order valence-corrected chi connectivity index (χ3v) is 6.62. The Morgan fingerprint density at radius 1 is 1.37 bits per heavy atom. The van der Waals surface area contributed by atoms with E-state index in [-0.39, 0.29) is 36.8 Å². The van der Waals surface area contributed by atoms with Crippen LogP contribution in [0.4, 0.5) is 4.39 Å². The van der Waals surface area contributed by atoms with Gasteiger partial charge in [-0.2, -0.15) is 0 Å². The standard InChI is InChI=1S/C23H29FN2O3S/c1-4-16(2)13-25(17(3)27)14-23(28)26-10-8-22-20(9-11-30-22)21(26)15-29-19-7-5-6-18(24)12-19/h5-7,9,11-12,16,21H,4,8,10,13-15H2,1-3H3. The summed E-state index contributed by atoms with van der Waals surface area (Å²) in [6, 6.07) is 7.79. The molecule has 30 heavy (non-hydrogen) atoms. The molecular weight excluding hydrogens is 403 g/mol. The van der Waals surface area contributed by atoms with Crippen LogP contribution in [0.3, 0.4) is 0 Å². The fraction of sp³-hybridized carbons (Fsp3) is 0.478. The molecular formula is C23H29FN2O3S. The summed E-state index contributed by atoms with van der Waals surface area (Å²) in [5.41, 5.74) is 1.08. The van der Waals surface area contributed by atoms with Crippen LogP contribution < -0.4 is 4.74 Å². The minimum Gasteiger partial charge on any atom is -0.491 e. The van der Waals surface area contributed by atoms with E-state index in [0.717, 1.165) is 18.4 Å². The molecule has 1 aliphatic rings. The van der Waals surface area contributed by atoms with Crippen molar-refractivity contribution in [1.82, 2.24) is 9.80 Å². The van der Waals surface area contributed by atoms with E-state index in [9.17, 15) is 14.0 Å². The Morgan fingerprint density at radius 2 is 2.17 bits per heavy atom. The third kappa shape index (κ3) is 5.39. The number of hydrogen-bond donors (Lipinski definition) is 0.